The number of nitrogens with zero attached hydrogens (tertiary/aromatic N) is 2. The van der Waals surface area contributed by atoms with Gasteiger partial charge in [-0.1, -0.05) is 29.5 Å². The monoisotopic (exact) mass is 309 g/mol. The fourth-order valence-electron chi connectivity index (χ4n) is 1.34. The summed E-state index contributed by atoms with van der Waals surface area (Å²) in [4.78, 5) is 22.3. The third kappa shape index (κ3) is 4.32. The average Bonchev–Trinajstić information content (AvgIpc) is 2.88. The molecule has 20 heavy (non-hydrogen) atoms. The van der Waals surface area contributed by atoms with Crippen molar-refractivity contribution in [2.45, 2.75) is 5.75 Å². The second-order valence-corrected chi connectivity index (χ2v) is 5.76. The normalized spacial score (nSPS) is 10.2. The van der Waals surface area contributed by atoms with Crippen molar-refractivity contribution in [3.63, 3.8) is 0 Å². The smallest absolute Gasteiger partial charge is 0.313 e. The second-order valence-electron chi connectivity index (χ2n) is 3.71. The number of hydrogen-bond donors (Lipinski definition) is 2. The van der Waals surface area contributed by atoms with E-state index < -0.39 is 5.97 Å². The lowest BCUT2D eigenvalue weighted by Crippen LogP contribution is -2.11. The summed E-state index contributed by atoms with van der Waals surface area (Å²) in [6.45, 7) is 0. The van der Waals surface area contributed by atoms with Gasteiger partial charge in [0.1, 0.15) is 5.01 Å². The summed E-state index contributed by atoms with van der Waals surface area (Å²) in [5.41, 5.74) is 0.689. The maximum absolute atomic E-state index is 11.9. The lowest BCUT2D eigenvalue weighted by Gasteiger charge is -2.00. The van der Waals surface area contributed by atoms with Gasteiger partial charge >= 0.3 is 5.97 Å². The minimum Gasteiger partial charge on any atom is -0.481 e. The summed E-state index contributed by atoms with van der Waals surface area (Å²) in [5.74, 6) is -0.752. The average molecular weight is 309 g/mol. The molecule has 0 unspecified atom stereocenters. The fraction of sp³-hybridized carbons (Fsp3) is 0.167. The first kappa shape index (κ1) is 14.5. The van der Waals surface area contributed by atoms with Crippen molar-refractivity contribution in [3.05, 3.63) is 40.3 Å². The minimum absolute atomic E-state index is 0.00508. The number of amides is 1. The molecular formula is C12H11N3O3S2. The molecule has 0 aliphatic carbocycles. The molecule has 2 N–H and O–H groups in total. The Hall–Kier alpha value is -1.93. The highest BCUT2D eigenvalue weighted by Gasteiger charge is 2.13. The van der Waals surface area contributed by atoms with E-state index in [1.165, 1.54) is 11.8 Å². The van der Waals surface area contributed by atoms with Gasteiger partial charge in [-0.15, -0.1) is 22.0 Å². The lowest BCUT2D eigenvalue weighted by molar-refractivity contribution is -0.133. The van der Waals surface area contributed by atoms with Crippen LogP contribution in [0.5, 0.6) is 0 Å². The largest absolute Gasteiger partial charge is 0.481 e. The van der Waals surface area contributed by atoms with E-state index in [2.05, 4.69) is 15.5 Å². The highest BCUT2D eigenvalue weighted by atomic mass is 32.2. The molecule has 8 heteroatoms. The van der Waals surface area contributed by atoms with Gasteiger partial charge in [-0.2, -0.15) is 0 Å². The first-order valence-corrected chi connectivity index (χ1v) is 7.60. The van der Waals surface area contributed by atoms with Gasteiger partial charge in [0, 0.05) is 11.4 Å². The number of aromatic nitrogens is 2. The molecule has 6 nitrogen and oxygen atoms in total. The molecule has 0 fully saturated rings. The summed E-state index contributed by atoms with van der Waals surface area (Å²) in [7, 11) is 0. The maximum Gasteiger partial charge on any atom is 0.313 e. The van der Waals surface area contributed by atoms with Crippen LogP contribution in [-0.2, 0) is 10.5 Å². The Bertz CT molecular complexity index is 601. The number of carbonyl (C=O) groups excluding carboxylic acids is 1. The van der Waals surface area contributed by atoms with E-state index in [4.69, 9.17) is 5.11 Å². The van der Waals surface area contributed by atoms with Crippen molar-refractivity contribution < 1.29 is 14.7 Å². The minimum atomic E-state index is -0.874. The summed E-state index contributed by atoms with van der Waals surface area (Å²) < 4.78 is 0. The topological polar surface area (TPSA) is 92.2 Å². The number of rotatable bonds is 6. The van der Waals surface area contributed by atoms with Gasteiger partial charge in [0.05, 0.1) is 5.75 Å². The van der Waals surface area contributed by atoms with Gasteiger partial charge in [0.2, 0.25) is 5.01 Å². The molecule has 1 amide bonds. The molecule has 0 aliphatic rings. The van der Waals surface area contributed by atoms with Gasteiger partial charge in [0.25, 0.3) is 5.91 Å². The number of aliphatic carboxylic acids is 1. The zero-order chi connectivity index (χ0) is 14.4. The number of carbonyl (C=O) groups is 2. The summed E-state index contributed by atoms with van der Waals surface area (Å²) in [6, 6.07) is 9.07. The Labute approximate surface area is 123 Å². The first-order chi connectivity index (χ1) is 9.65. The Morgan fingerprint density at radius 3 is 2.70 bits per heavy atom. The van der Waals surface area contributed by atoms with Crippen LogP contribution < -0.4 is 5.32 Å². The predicted octanol–water partition coefficient (Wildman–Crippen LogP) is 2.11. The van der Waals surface area contributed by atoms with Crippen LogP contribution in [0.3, 0.4) is 0 Å². The number of nitrogens with one attached hydrogen (secondary N) is 1. The molecule has 104 valence electrons. The van der Waals surface area contributed by atoms with Crippen LogP contribution in [-0.4, -0.2) is 32.9 Å². The van der Waals surface area contributed by atoms with Crippen LogP contribution in [0.25, 0.3) is 0 Å². The number of benzene rings is 1. The van der Waals surface area contributed by atoms with E-state index in [-0.39, 0.29) is 16.7 Å². The van der Waals surface area contributed by atoms with Crippen molar-refractivity contribution in [2.75, 3.05) is 11.1 Å². The van der Waals surface area contributed by atoms with Crippen molar-refractivity contribution in [1.29, 1.82) is 0 Å². The molecule has 0 radical (unpaired) electrons. The zero-order valence-electron chi connectivity index (χ0n) is 10.3. The molecule has 0 aliphatic heterocycles. The SMILES string of the molecule is O=C(O)CSCc1nnc(C(=O)Nc2ccccc2)s1. The van der Waals surface area contributed by atoms with Crippen LogP contribution in [0.15, 0.2) is 30.3 Å². The third-order valence-corrected chi connectivity index (χ3v) is 4.18. The van der Waals surface area contributed by atoms with Crippen molar-refractivity contribution in [1.82, 2.24) is 10.2 Å². The molecular weight excluding hydrogens is 298 g/mol. The Kier molecular flexibility index (Phi) is 5.08. The van der Waals surface area contributed by atoms with Gasteiger partial charge in [0.15, 0.2) is 0 Å². The lowest BCUT2D eigenvalue weighted by atomic mass is 10.3. The van der Waals surface area contributed by atoms with Crippen LogP contribution in [0.2, 0.25) is 0 Å². The molecule has 1 heterocycles. The number of para-hydroxylation sites is 1. The Balaban J connectivity index is 1.91. The summed E-state index contributed by atoms with van der Waals surface area (Å²) in [5, 5.41) is 19.8. The highest BCUT2D eigenvalue weighted by molar-refractivity contribution is 7.99. The third-order valence-electron chi connectivity index (χ3n) is 2.14. The van der Waals surface area contributed by atoms with Crippen molar-refractivity contribution in [3.8, 4) is 0 Å². The Morgan fingerprint density at radius 2 is 2.00 bits per heavy atom. The first-order valence-electron chi connectivity index (χ1n) is 5.63. The van der Waals surface area contributed by atoms with Crippen LogP contribution in [0.1, 0.15) is 14.8 Å². The molecule has 1 aromatic carbocycles. The van der Waals surface area contributed by atoms with E-state index in [0.29, 0.717) is 16.4 Å². The fourth-order valence-corrected chi connectivity index (χ4v) is 2.86. The number of hydrogen-bond acceptors (Lipinski definition) is 6. The molecule has 2 aromatic rings. The van der Waals surface area contributed by atoms with Crippen LogP contribution >= 0.6 is 23.1 Å². The molecule has 2 rings (SSSR count). The molecule has 0 bridgehead atoms. The number of carboxylic acids is 1. The van der Waals surface area contributed by atoms with Crippen LogP contribution in [0, 0.1) is 0 Å². The van der Waals surface area contributed by atoms with E-state index in [0.717, 1.165) is 11.3 Å². The molecule has 0 saturated heterocycles. The number of anilines is 1. The maximum atomic E-state index is 11.9. The van der Waals surface area contributed by atoms with E-state index in [1.54, 1.807) is 12.1 Å². The quantitative estimate of drug-likeness (QED) is 0.849. The molecule has 0 atom stereocenters. The van der Waals surface area contributed by atoms with Crippen molar-refractivity contribution in [2.24, 2.45) is 0 Å². The van der Waals surface area contributed by atoms with E-state index in [9.17, 15) is 9.59 Å². The van der Waals surface area contributed by atoms with E-state index in [1.807, 2.05) is 18.2 Å². The van der Waals surface area contributed by atoms with Gasteiger partial charge in [-0.05, 0) is 12.1 Å². The van der Waals surface area contributed by atoms with Gasteiger partial charge in [-0.25, -0.2) is 0 Å². The zero-order valence-corrected chi connectivity index (χ0v) is 11.9. The molecule has 1 aromatic heterocycles. The number of thioether (sulfide) groups is 1. The molecule has 0 saturated carbocycles. The van der Waals surface area contributed by atoms with Crippen molar-refractivity contribution >= 4 is 40.7 Å². The molecule has 0 spiro atoms. The summed E-state index contributed by atoms with van der Waals surface area (Å²) in [6.07, 6.45) is 0. The van der Waals surface area contributed by atoms with Gasteiger partial charge in [-0.3, -0.25) is 9.59 Å². The number of carboxylic acid groups (broad SMARTS) is 1. The van der Waals surface area contributed by atoms with Crippen LogP contribution in [0.4, 0.5) is 5.69 Å². The highest BCUT2D eigenvalue weighted by Crippen LogP contribution is 2.17. The van der Waals surface area contributed by atoms with Gasteiger partial charge < -0.3 is 10.4 Å². The Morgan fingerprint density at radius 1 is 1.25 bits per heavy atom. The summed E-state index contributed by atoms with van der Waals surface area (Å²) >= 11 is 2.38. The van der Waals surface area contributed by atoms with E-state index >= 15 is 0 Å². The second kappa shape index (κ2) is 7.01. The predicted molar refractivity (Wildman–Crippen MR) is 78.1 cm³/mol. The standard InChI is InChI=1S/C12H11N3O3S2/c16-10(17)7-19-6-9-14-15-12(20-9)11(18)13-8-4-2-1-3-5-8/h1-5H,6-7H2,(H,13,18)(H,16,17).